The van der Waals surface area contributed by atoms with E-state index in [1.807, 2.05) is 0 Å². The van der Waals surface area contributed by atoms with Crippen LogP contribution in [0.1, 0.15) is 20.3 Å². The van der Waals surface area contributed by atoms with E-state index in [1.165, 1.54) is 6.92 Å². The van der Waals surface area contributed by atoms with Gasteiger partial charge in [0, 0.05) is 13.3 Å². The molecule has 0 aliphatic rings. The van der Waals surface area contributed by atoms with Crippen molar-refractivity contribution < 1.29 is 19.5 Å². The van der Waals surface area contributed by atoms with E-state index < -0.39 is 17.9 Å². The van der Waals surface area contributed by atoms with Gasteiger partial charge in [-0.1, -0.05) is 5.16 Å². The molecule has 4 N–H and O–H groups in total. The summed E-state index contributed by atoms with van der Waals surface area (Å²) in [4.78, 5) is 26.0. The summed E-state index contributed by atoms with van der Waals surface area (Å²) in [6.45, 7) is 2.87. The van der Waals surface area contributed by atoms with Gasteiger partial charge in [-0.3, -0.25) is 4.79 Å². The molecule has 0 aromatic heterocycles. The zero-order valence-corrected chi connectivity index (χ0v) is 8.69. The highest BCUT2D eigenvalue weighted by Gasteiger charge is 2.17. The average molecular weight is 217 g/mol. The first kappa shape index (κ1) is 13.2. The second-order valence-electron chi connectivity index (χ2n) is 2.95. The molecule has 0 heterocycles. The van der Waals surface area contributed by atoms with Gasteiger partial charge in [-0.25, -0.2) is 4.79 Å². The Hall–Kier alpha value is -1.79. The number of nitrogens with two attached hydrogens (primary N) is 1. The molecule has 0 fully saturated rings. The SMILES string of the molecule is CC(=O)N[C@@H](CCON=C(C)N)C(=O)O. The highest BCUT2D eigenvalue weighted by molar-refractivity contribution is 5.82. The zero-order valence-electron chi connectivity index (χ0n) is 8.69. The van der Waals surface area contributed by atoms with E-state index in [9.17, 15) is 9.59 Å². The van der Waals surface area contributed by atoms with Gasteiger partial charge in [0.25, 0.3) is 0 Å². The molecule has 1 amide bonds. The highest BCUT2D eigenvalue weighted by Crippen LogP contribution is 1.94. The summed E-state index contributed by atoms with van der Waals surface area (Å²) >= 11 is 0. The third-order valence-electron chi connectivity index (χ3n) is 1.38. The lowest BCUT2D eigenvalue weighted by Gasteiger charge is -2.11. The lowest BCUT2D eigenvalue weighted by atomic mass is 10.2. The Morgan fingerprint density at radius 1 is 1.53 bits per heavy atom. The number of amidine groups is 1. The largest absolute Gasteiger partial charge is 0.480 e. The van der Waals surface area contributed by atoms with Gasteiger partial charge in [-0.15, -0.1) is 0 Å². The van der Waals surface area contributed by atoms with Crippen LogP contribution in [0, 0.1) is 0 Å². The Kier molecular flexibility index (Phi) is 5.84. The van der Waals surface area contributed by atoms with Crippen molar-refractivity contribution in [2.45, 2.75) is 26.3 Å². The molecule has 0 bridgehead atoms. The highest BCUT2D eigenvalue weighted by atomic mass is 16.6. The normalized spacial score (nSPS) is 13.1. The first-order valence-corrected chi connectivity index (χ1v) is 4.35. The maximum Gasteiger partial charge on any atom is 0.326 e. The molecule has 1 atom stereocenters. The monoisotopic (exact) mass is 217 g/mol. The van der Waals surface area contributed by atoms with Crippen LogP contribution in [0.2, 0.25) is 0 Å². The van der Waals surface area contributed by atoms with Gasteiger partial charge in [-0.05, 0) is 6.92 Å². The van der Waals surface area contributed by atoms with E-state index in [-0.39, 0.29) is 18.9 Å². The molecule has 0 aromatic rings. The predicted molar refractivity (Wildman–Crippen MR) is 53.1 cm³/mol. The van der Waals surface area contributed by atoms with E-state index >= 15 is 0 Å². The summed E-state index contributed by atoms with van der Waals surface area (Å²) in [6.07, 6.45) is 0.131. The number of carbonyl (C=O) groups is 2. The molecule has 0 aliphatic heterocycles. The number of carboxylic acid groups (broad SMARTS) is 1. The number of nitrogens with one attached hydrogen (secondary N) is 1. The smallest absolute Gasteiger partial charge is 0.326 e. The Morgan fingerprint density at radius 3 is 2.53 bits per heavy atom. The van der Waals surface area contributed by atoms with Gasteiger partial charge in [0.15, 0.2) is 0 Å². The Morgan fingerprint density at radius 2 is 2.13 bits per heavy atom. The second-order valence-corrected chi connectivity index (χ2v) is 2.95. The third kappa shape index (κ3) is 7.29. The summed E-state index contributed by atoms with van der Waals surface area (Å²) in [5.41, 5.74) is 5.19. The van der Waals surface area contributed by atoms with E-state index in [0.29, 0.717) is 0 Å². The van der Waals surface area contributed by atoms with Gasteiger partial charge in [0.2, 0.25) is 5.91 Å². The van der Waals surface area contributed by atoms with Crippen LogP contribution in [-0.4, -0.2) is 35.5 Å². The molecule has 0 saturated carbocycles. The molecule has 0 unspecified atom stereocenters. The van der Waals surface area contributed by atoms with Crippen LogP contribution in [0.3, 0.4) is 0 Å². The van der Waals surface area contributed by atoms with Crippen LogP contribution >= 0.6 is 0 Å². The molecule has 7 heteroatoms. The summed E-state index contributed by atoms with van der Waals surface area (Å²) in [7, 11) is 0. The number of nitrogens with zero attached hydrogens (tertiary/aromatic N) is 1. The van der Waals surface area contributed by atoms with Crippen LogP contribution in [0.4, 0.5) is 0 Å². The molecule has 86 valence electrons. The topological polar surface area (TPSA) is 114 Å². The standard InChI is InChI=1S/C8H15N3O4/c1-5(9)11-15-4-3-7(8(13)14)10-6(2)12/h7H,3-4H2,1-2H3,(H2,9,11)(H,10,12)(H,13,14)/t7-/m0/s1. The number of amides is 1. The molecule has 0 saturated heterocycles. The van der Waals surface area contributed by atoms with Crippen LogP contribution in [0.15, 0.2) is 5.16 Å². The number of hydrogen-bond donors (Lipinski definition) is 3. The number of hydrogen-bond acceptors (Lipinski definition) is 4. The number of carboxylic acids is 1. The Labute approximate surface area is 87.3 Å². The van der Waals surface area contributed by atoms with Gasteiger partial charge in [0.1, 0.15) is 18.5 Å². The van der Waals surface area contributed by atoms with Crippen molar-refractivity contribution in [2.24, 2.45) is 10.9 Å². The van der Waals surface area contributed by atoms with Crippen molar-refractivity contribution in [3.05, 3.63) is 0 Å². The third-order valence-corrected chi connectivity index (χ3v) is 1.38. The maximum atomic E-state index is 10.6. The first-order chi connectivity index (χ1) is 6.93. The van der Waals surface area contributed by atoms with Gasteiger partial charge in [-0.2, -0.15) is 0 Å². The van der Waals surface area contributed by atoms with E-state index in [1.54, 1.807) is 6.92 Å². The fourth-order valence-corrected chi connectivity index (χ4v) is 0.821. The van der Waals surface area contributed by atoms with Crippen LogP contribution < -0.4 is 11.1 Å². The summed E-state index contributed by atoms with van der Waals surface area (Å²) in [5, 5.41) is 14.4. The van der Waals surface area contributed by atoms with E-state index in [2.05, 4.69) is 10.5 Å². The van der Waals surface area contributed by atoms with Crippen molar-refractivity contribution in [3.8, 4) is 0 Å². The van der Waals surface area contributed by atoms with Crippen LogP contribution in [0.25, 0.3) is 0 Å². The van der Waals surface area contributed by atoms with Crippen molar-refractivity contribution in [2.75, 3.05) is 6.61 Å². The quantitative estimate of drug-likeness (QED) is 0.235. The van der Waals surface area contributed by atoms with Gasteiger partial charge >= 0.3 is 5.97 Å². The number of aliphatic carboxylic acids is 1. The molecule has 7 nitrogen and oxygen atoms in total. The average Bonchev–Trinajstić information content (AvgIpc) is 2.08. The lowest BCUT2D eigenvalue weighted by Crippen LogP contribution is -2.40. The van der Waals surface area contributed by atoms with Crippen molar-refractivity contribution >= 4 is 17.7 Å². The second kappa shape index (κ2) is 6.63. The summed E-state index contributed by atoms with van der Waals surface area (Å²) < 4.78 is 0. The molecule has 0 rings (SSSR count). The summed E-state index contributed by atoms with van der Waals surface area (Å²) in [6, 6.07) is -0.962. The number of oxime groups is 1. The first-order valence-electron chi connectivity index (χ1n) is 4.35. The molecule has 0 aromatic carbocycles. The van der Waals surface area contributed by atoms with Crippen molar-refractivity contribution in [3.63, 3.8) is 0 Å². The van der Waals surface area contributed by atoms with E-state index in [0.717, 1.165) is 0 Å². The minimum Gasteiger partial charge on any atom is -0.480 e. The number of carbonyl (C=O) groups excluding carboxylic acids is 1. The van der Waals surface area contributed by atoms with Crippen LogP contribution in [0.5, 0.6) is 0 Å². The van der Waals surface area contributed by atoms with Gasteiger partial charge < -0.3 is 21.0 Å². The molecule has 0 radical (unpaired) electrons. The molecule has 0 spiro atoms. The maximum absolute atomic E-state index is 10.6. The predicted octanol–water partition coefficient (Wildman–Crippen LogP) is -0.725. The van der Waals surface area contributed by atoms with Crippen molar-refractivity contribution in [1.29, 1.82) is 0 Å². The molecule has 15 heavy (non-hydrogen) atoms. The fraction of sp³-hybridized carbons (Fsp3) is 0.625. The minimum absolute atomic E-state index is 0.0752. The Bertz CT molecular complexity index is 261. The van der Waals surface area contributed by atoms with Crippen LogP contribution in [-0.2, 0) is 14.4 Å². The Balaban J connectivity index is 3.92. The minimum atomic E-state index is -1.11. The van der Waals surface area contributed by atoms with E-state index in [4.69, 9.17) is 15.7 Å². The molecule has 0 aliphatic carbocycles. The number of rotatable bonds is 6. The van der Waals surface area contributed by atoms with Gasteiger partial charge in [0.05, 0.1) is 0 Å². The zero-order chi connectivity index (χ0) is 11.8. The fourth-order valence-electron chi connectivity index (χ4n) is 0.821. The summed E-state index contributed by atoms with van der Waals surface area (Å²) in [5.74, 6) is -1.26. The molecular formula is C8H15N3O4. The molecular weight excluding hydrogens is 202 g/mol. The lowest BCUT2D eigenvalue weighted by molar-refractivity contribution is -0.142. The van der Waals surface area contributed by atoms with Crippen molar-refractivity contribution in [1.82, 2.24) is 5.32 Å².